The predicted molar refractivity (Wildman–Crippen MR) is 99.3 cm³/mol. The van der Waals surface area contributed by atoms with Gasteiger partial charge in [-0.2, -0.15) is 0 Å². The predicted octanol–water partition coefficient (Wildman–Crippen LogP) is 4.62. The summed E-state index contributed by atoms with van der Waals surface area (Å²) in [6.07, 6.45) is 1.80. The van der Waals surface area contributed by atoms with Crippen LogP contribution >= 0.6 is 0 Å². The number of anilines is 1. The molecule has 1 amide bonds. The number of amides is 1. The molecule has 0 fully saturated rings. The highest BCUT2D eigenvalue weighted by molar-refractivity contribution is 5.96. The first kappa shape index (κ1) is 17.3. The second kappa shape index (κ2) is 8.06. The molecule has 2 aromatic rings. The van der Waals surface area contributed by atoms with Crippen LogP contribution in [0.15, 0.2) is 48.5 Å². The highest BCUT2D eigenvalue weighted by atomic mass is 16.5. The monoisotopic (exact) mass is 339 g/mol. The quantitative estimate of drug-likeness (QED) is 0.865. The minimum absolute atomic E-state index is 0.00930. The Hall–Kier alpha value is -2.49. The summed E-state index contributed by atoms with van der Waals surface area (Å²) in [7, 11) is 0. The second-order valence-electron chi connectivity index (χ2n) is 6.48. The Morgan fingerprint density at radius 1 is 1.08 bits per heavy atom. The number of rotatable bonds is 5. The van der Waals surface area contributed by atoms with Crippen LogP contribution in [0.3, 0.4) is 0 Å². The van der Waals surface area contributed by atoms with Crippen molar-refractivity contribution in [3.63, 3.8) is 0 Å². The highest BCUT2D eigenvalue weighted by Crippen LogP contribution is 2.33. The van der Waals surface area contributed by atoms with Crippen LogP contribution in [-0.4, -0.2) is 19.1 Å². The number of hydrogen-bond donors (Lipinski definition) is 1. The molecule has 132 valence electrons. The molecule has 2 unspecified atom stereocenters. The van der Waals surface area contributed by atoms with E-state index in [0.717, 1.165) is 29.8 Å². The van der Waals surface area contributed by atoms with Gasteiger partial charge in [-0.1, -0.05) is 50.6 Å². The zero-order chi connectivity index (χ0) is 17.6. The van der Waals surface area contributed by atoms with Gasteiger partial charge in [0.25, 0.3) is 0 Å². The molecule has 0 spiro atoms. The maximum Gasteiger partial charge on any atom is 0.232 e. The summed E-state index contributed by atoms with van der Waals surface area (Å²) in [6.45, 7) is 5.51. The Labute approximate surface area is 149 Å². The van der Waals surface area contributed by atoms with Crippen LogP contribution in [0, 0.1) is 5.92 Å². The van der Waals surface area contributed by atoms with Crippen molar-refractivity contribution in [2.75, 3.05) is 18.5 Å². The SMILES string of the molecule is CCC(C)C(C(=O)Nc1ccc2c(c1)OCCCO2)c1ccccc1. The molecule has 1 heterocycles. The van der Waals surface area contributed by atoms with Crippen LogP contribution in [0.1, 0.15) is 38.2 Å². The van der Waals surface area contributed by atoms with Crippen molar-refractivity contribution in [1.82, 2.24) is 0 Å². The number of benzene rings is 2. The maximum atomic E-state index is 13.0. The van der Waals surface area contributed by atoms with Crippen LogP contribution in [0.2, 0.25) is 0 Å². The van der Waals surface area contributed by atoms with Gasteiger partial charge >= 0.3 is 0 Å². The van der Waals surface area contributed by atoms with Gasteiger partial charge in [0.2, 0.25) is 5.91 Å². The largest absolute Gasteiger partial charge is 0.490 e. The number of carbonyl (C=O) groups is 1. The molecule has 0 saturated heterocycles. The first-order chi connectivity index (χ1) is 12.2. The second-order valence-corrected chi connectivity index (χ2v) is 6.48. The van der Waals surface area contributed by atoms with E-state index in [-0.39, 0.29) is 17.7 Å². The fraction of sp³-hybridized carbons (Fsp3) is 0.381. The molecular weight excluding hydrogens is 314 g/mol. The molecule has 4 nitrogen and oxygen atoms in total. The zero-order valence-corrected chi connectivity index (χ0v) is 14.8. The minimum atomic E-state index is -0.179. The van der Waals surface area contributed by atoms with E-state index in [1.807, 2.05) is 48.5 Å². The van der Waals surface area contributed by atoms with Gasteiger partial charge in [0, 0.05) is 18.2 Å². The van der Waals surface area contributed by atoms with E-state index < -0.39 is 0 Å². The molecule has 0 aromatic heterocycles. The van der Waals surface area contributed by atoms with Crippen molar-refractivity contribution in [2.24, 2.45) is 5.92 Å². The van der Waals surface area contributed by atoms with E-state index in [0.29, 0.717) is 19.0 Å². The fourth-order valence-electron chi connectivity index (χ4n) is 3.10. The third-order valence-corrected chi connectivity index (χ3v) is 4.67. The number of nitrogens with one attached hydrogen (secondary N) is 1. The van der Waals surface area contributed by atoms with Gasteiger partial charge in [-0.25, -0.2) is 0 Å². The molecule has 2 atom stereocenters. The molecule has 0 radical (unpaired) electrons. The maximum absolute atomic E-state index is 13.0. The number of fused-ring (bicyclic) bond motifs is 1. The number of ether oxygens (including phenoxy) is 2. The molecule has 25 heavy (non-hydrogen) atoms. The van der Waals surface area contributed by atoms with Gasteiger partial charge < -0.3 is 14.8 Å². The lowest BCUT2D eigenvalue weighted by atomic mass is 9.85. The van der Waals surface area contributed by atoms with E-state index in [2.05, 4.69) is 19.2 Å². The molecule has 1 aliphatic rings. The summed E-state index contributed by atoms with van der Waals surface area (Å²) >= 11 is 0. The Bertz CT molecular complexity index is 714. The van der Waals surface area contributed by atoms with E-state index in [4.69, 9.17) is 9.47 Å². The van der Waals surface area contributed by atoms with Crippen LogP contribution in [0.5, 0.6) is 11.5 Å². The molecule has 4 heteroatoms. The lowest BCUT2D eigenvalue weighted by Gasteiger charge is -2.23. The van der Waals surface area contributed by atoms with Crippen molar-refractivity contribution in [3.8, 4) is 11.5 Å². The van der Waals surface area contributed by atoms with E-state index in [1.54, 1.807) is 0 Å². The summed E-state index contributed by atoms with van der Waals surface area (Å²) in [5.74, 6) is 1.51. The molecule has 3 rings (SSSR count). The van der Waals surface area contributed by atoms with Crippen molar-refractivity contribution in [3.05, 3.63) is 54.1 Å². The van der Waals surface area contributed by atoms with Crippen molar-refractivity contribution in [2.45, 2.75) is 32.6 Å². The summed E-state index contributed by atoms with van der Waals surface area (Å²) in [5, 5.41) is 3.05. The number of hydrogen-bond acceptors (Lipinski definition) is 3. The fourth-order valence-corrected chi connectivity index (χ4v) is 3.10. The molecule has 2 aromatic carbocycles. The Morgan fingerprint density at radius 2 is 1.80 bits per heavy atom. The molecule has 0 saturated carbocycles. The van der Waals surface area contributed by atoms with Gasteiger partial charge in [0.1, 0.15) is 0 Å². The molecule has 1 N–H and O–H groups in total. The van der Waals surface area contributed by atoms with Crippen LogP contribution in [-0.2, 0) is 4.79 Å². The summed E-state index contributed by atoms with van der Waals surface area (Å²) in [5.41, 5.74) is 1.78. The van der Waals surface area contributed by atoms with Gasteiger partial charge in [-0.15, -0.1) is 0 Å². The zero-order valence-electron chi connectivity index (χ0n) is 14.8. The summed E-state index contributed by atoms with van der Waals surface area (Å²) < 4.78 is 11.4. The van der Waals surface area contributed by atoms with Crippen molar-refractivity contribution >= 4 is 11.6 Å². The number of carbonyl (C=O) groups excluding carboxylic acids is 1. The topological polar surface area (TPSA) is 47.6 Å². The summed E-state index contributed by atoms with van der Waals surface area (Å²) in [6, 6.07) is 15.5. The third-order valence-electron chi connectivity index (χ3n) is 4.67. The Morgan fingerprint density at radius 3 is 2.52 bits per heavy atom. The Kier molecular flexibility index (Phi) is 5.59. The van der Waals surface area contributed by atoms with Crippen molar-refractivity contribution < 1.29 is 14.3 Å². The lowest BCUT2D eigenvalue weighted by molar-refractivity contribution is -0.118. The first-order valence-electron chi connectivity index (χ1n) is 8.94. The summed E-state index contributed by atoms with van der Waals surface area (Å²) in [4.78, 5) is 13.0. The minimum Gasteiger partial charge on any atom is -0.490 e. The molecule has 0 bridgehead atoms. The first-order valence-corrected chi connectivity index (χ1v) is 8.94. The Balaban J connectivity index is 1.80. The van der Waals surface area contributed by atoms with Gasteiger partial charge in [-0.05, 0) is 23.6 Å². The average Bonchev–Trinajstić information content (AvgIpc) is 2.87. The van der Waals surface area contributed by atoms with E-state index in [1.165, 1.54) is 0 Å². The molecule has 1 aliphatic heterocycles. The molecular formula is C21H25NO3. The molecule has 0 aliphatic carbocycles. The average molecular weight is 339 g/mol. The smallest absolute Gasteiger partial charge is 0.232 e. The standard InChI is InChI=1S/C21H25NO3/c1-3-15(2)20(16-8-5-4-6-9-16)21(23)22-17-10-11-18-19(14-17)25-13-7-12-24-18/h4-6,8-11,14-15,20H,3,7,12-13H2,1-2H3,(H,22,23). The van der Waals surface area contributed by atoms with Gasteiger partial charge in [-0.3, -0.25) is 4.79 Å². The van der Waals surface area contributed by atoms with Crippen LogP contribution < -0.4 is 14.8 Å². The highest BCUT2D eigenvalue weighted by Gasteiger charge is 2.26. The van der Waals surface area contributed by atoms with Crippen LogP contribution in [0.25, 0.3) is 0 Å². The third kappa shape index (κ3) is 4.13. The van der Waals surface area contributed by atoms with E-state index >= 15 is 0 Å². The normalized spacial score (nSPS) is 15.8. The van der Waals surface area contributed by atoms with Crippen molar-refractivity contribution in [1.29, 1.82) is 0 Å². The van der Waals surface area contributed by atoms with Crippen LogP contribution in [0.4, 0.5) is 5.69 Å². The van der Waals surface area contributed by atoms with Gasteiger partial charge in [0.05, 0.1) is 19.1 Å². The van der Waals surface area contributed by atoms with E-state index in [9.17, 15) is 4.79 Å². The lowest BCUT2D eigenvalue weighted by Crippen LogP contribution is -2.26. The van der Waals surface area contributed by atoms with Gasteiger partial charge in [0.15, 0.2) is 11.5 Å².